The highest BCUT2D eigenvalue weighted by molar-refractivity contribution is 7.79. The number of hydrogen-bond donors (Lipinski definition) is 0. The molecule has 1 aromatic rings. The van der Waals surface area contributed by atoms with E-state index in [1.165, 1.54) is 0 Å². The van der Waals surface area contributed by atoms with Crippen molar-refractivity contribution in [1.82, 2.24) is 0 Å². The Kier molecular flexibility index (Phi) is 2.31. The van der Waals surface area contributed by atoms with Crippen molar-refractivity contribution in [3.63, 3.8) is 0 Å². The van der Waals surface area contributed by atoms with Crippen molar-refractivity contribution in [3.05, 3.63) is 29.8 Å². The molecule has 60 valence electrons. The van der Waals surface area contributed by atoms with Crippen LogP contribution in [0.5, 0.6) is 0 Å². The van der Waals surface area contributed by atoms with Crippen molar-refractivity contribution in [2.24, 2.45) is 0 Å². The average molecular weight is 177 g/mol. The maximum Gasteiger partial charge on any atom is 0.141 e. The van der Waals surface area contributed by atoms with E-state index in [-0.39, 0.29) is 0 Å². The summed E-state index contributed by atoms with van der Waals surface area (Å²) in [7, 11) is 0. The second-order valence-corrected chi connectivity index (χ2v) is 2.66. The van der Waals surface area contributed by atoms with Gasteiger partial charge in [-0.25, -0.2) is 8.78 Å². The highest BCUT2D eigenvalue weighted by Crippen LogP contribution is 2.14. The van der Waals surface area contributed by atoms with Crippen LogP contribution in [0.3, 0.4) is 0 Å². The van der Waals surface area contributed by atoms with E-state index >= 15 is 0 Å². The Balaban J connectivity index is 3.32. The van der Waals surface area contributed by atoms with Crippen molar-refractivity contribution in [2.75, 3.05) is 0 Å². The summed E-state index contributed by atoms with van der Waals surface area (Å²) < 4.78 is 45.3. The van der Waals surface area contributed by atoms with Crippen molar-refractivity contribution in [2.45, 2.75) is 4.90 Å². The quantitative estimate of drug-likeness (QED) is 0.605. The van der Waals surface area contributed by atoms with Gasteiger partial charge in [0.05, 0.1) is 4.90 Å². The van der Waals surface area contributed by atoms with E-state index in [1.54, 1.807) is 0 Å². The van der Waals surface area contributed by atoms with Crippen LogP contribution < -0.4 is 0 Å². The minimum absolute atomic E-state index is 0.883. The van der Waals surface area contributed by atoms with Crippen molar-refractivity contribution in [3.8, 4) is 0 Å². The smallest absolute Gasteiger partial charge is 0.141 e. The normalized spacial score (nSPS) is 13.0. The summed E-state index contributed by atoms with van der Waals surface area (Å²) >= 11 is -2.85. The Morgan fingerprint density at radius 3 is 2.00 bits per heavy atom. The van der Waals surface area contributed by atoms with Crippen LogP contribution >= 0.6 is 0 Å². The fourth-order valence-corrected chi connectivity index (χ4v) is 1.10. The summed E-state index contributed by atoms with van der Waals surface area (Å²) in [6.45, 7) is 0. The van der Waals surface area contributed by atoms with E-state index in [0.29, 0.717) is 0 Å². The Labute approximate surface area is 64.1 Å². The molecule has 0 bridgehead atoms. The second kappa shape index (κ2) is 3.06. The molecule has 0 aliphatic carbocycles. The van der Waals surface area contributed by atoms with Gasteiger partial charge < -0.3 is 4.55 Å². The SMILES string of the molecule is O=S([O-])c1c(F)cccc1F. The summed E-state index contributed by atoms with van der Waals surface area (Å²) in [6, 6.07) is 2.86. The number of halogens is 2. The Morgan fingerprint density at radius 1 is 1.27 bits per heavy atom. The van der Waals surface area contributed by atoms with E-state index in [9.17, 15) is 17.5 Å². The predicted molar refractivity (Wildman–Crippen MR) is 33.5 cm³/mol. The fourth-order valence-electron chi connectivity index (χ4n) is 0.642. The van der Waals surface area contributed by atoms with Crippen molar-refractivity contribution >= 4 is 11.1 Å². The molecule has 5 heteroatoms. The second-order valence-electron chi connectivity index (χ2n) is 1.79. The van der Waals surface area contributed by atoms with Gasteiger partial charge in [-0.2, -0.15) is 0 Å². The third-order valence-corrected chi connectivity index (χ3v) is 1.81. The molecule has 0 saturated carbocycles. The van der Waals surface area contributed by atoms with Crippen LogP contribution in [0, 0.1) is 11.6 Å². The van der Waals surface area contributed by atoms with Gasteiger partial charge in [0.1, 0.15) is 11.6 Å². The van der Waals surface area contributed by atoms with Gasteiger partial charge in [0.25, 0.3) is 0 Å². The first-order valence-electron chi connectivity index (χ1n) is 2.66. The van der Waals surface area contributed by atoms with E-state index in [0.717, 1.165) is 18.2 Å². The van der Waals surface area contributed by atoms with Gasteiger partial charge in [0.15, 0.2) is 0 Å². The van der Waals surface area contributed by atoms with Crippen LogP contribution in [0.4, 0.5) is 8.78 Å². The fraction of sp³-hybridized carbons (Fsp3) is 0. The lowest BCUT2D eigenvalue weighted by molar-refractivity contribution is 0.495. The Hall–Kier alpha value is -0.810. The van der Waals surface area contributed by atoms with Gasteiger partial charge in [0.2, 0.25) is 0 Å². The van der Waals surface area contributed by atoms with Crippen molar-refractivity contribution < 1.29 is 17.5 Å². The molecule has 0 saturated heterocycles. The molecule has 0 radical (unpaired) electrons. The third kappa shape index (κ3) is 1.61. The first-order chi connectivity index (χ1) is 5.13. The van der Waals surface area contributed by atoms with Gasteiger partial charge in [-0.05, 0) is 23.2 Å². The van der Waals surface area contributed by atoms with Crippen LogP contribution in [0.1, 0.15) is 0 Å². The Bertz CT molecular complexity index is 280. The summed E-state index contributed by atoms with van der Waals surface area (Å²) in [5.41, 5.74) is 0. The van der Waals surface area contributed by atoms with E-state index in [1.807, 2.05) is 0 Å². The summed E-state index contributed by atoms with van der Waals surface area (Å²) in [5, 5.41) is 0. The summed E-state index contributed by atoms with van der Waals surface area (Å²) in [5.74, 6) is -2.14. The third-order valence-electron chi connectivity index (χ3n) is 1.09. The zero-order valence-electron chi connectivity index (χ0n) is 5.21. The molecule has 2 nitrogen and oxygen atoms in total. The van der Waals surface area contributed by atoms with E-state index in [4.69, 9.17) is 0 Å². The summed E-state index contributed by atoms with van der Waals surface area (Å²) in [6.07, 6.45) is 0. The zero-order valence-corrected chi connectivity index (χ0v) is 6.03. The first-order valence-corrected chi connectivity index (χ1v) is 3.73. The summed E-state index contributed by atoms with van der Waals surface area (Å²) in [4.78, 5) is -0.910. The lowest BCUT2D eigenvalue weighted by Crippen LogP contribution is -1.97. The van der Waals surface area contributed by atoms with E-state index < -0.39 is 27.6 Å². The predicted octanol–water partition coefficient (Wildman–Crippen LogP) is 1.20. The molecule has 0 fully saturated rings. The van der Waals surface area contributed by atoms with Crippen LogP contribution in [0.25, 0.3) is 0 Å². The monoisotopic (exact) mass is 177 g/mol. The molecule has 0 spiro atoms. The molecule has 1 unspecified atom stereocenters. The van der Waals surface area contributed by atoms with Gasteiger partial charge in [-0.1, -0.05) is 6.07 Å². The maximum absolute atomic E-state index is 12.5. The average Bonchev–Trinajstić information content (AvgIpc) is 1.85. The standard InChI is InChI=1S/C6H4F2O2S/c7-4-2-1-3-5(8)6(4)11(9)10/h1-3H,(H,9,10)/p-1. The maximum atomic E-state index is 12.5. The Morgan fingerprint density at radius 2 is 1.73 bits per heavy atom. The van der Waals surface area contributed by atoms with Gasteiger partial charge in [-0.15, -0.1) is 0 Å². The topological polar surface area (TPSA) is 40.1 Å². The van der Waals surface area contributed by atoms with Gasteiger partial charge in [0, 0.05) is 0 Å². The van der Waals surface area contributed by atoms with Crippen molar-refractivity contribution in [1.29, 1.82) is 0 Å². The van der Waals surface area contributed by atoms with Crippen LogP contribution in [0.15, 0.2) is 23.1 Å². The molecule has 0 aliphatic heterocycles. The highest BCUT2D eigenvalue weighted by atomic mass is 32.2. The van der Waals surface area contributed by atoms with Crippen LogP contribution in [0.2, 0.25) is 0 Å². The van der Waals surface area contributed by atoms with Gasteiger partial charge >= 0.3 is 0 Å². The highest BCUT2D eigenvalue weighted by Gasteiger charge is 2.07. The molecular formula is C6H3F2O2S-. The van der Waals surface area contributed by atoms with E-state index in [2.05, 4.69) is 0 Å². The molecule has 1 atom stereocenters. The molecule has 11 heavy (non-hydrogen) atoms. The molecule has 0 N–H and O–H groups in total. The van der Waals surface area contributed by atoms with Crippen LogP contribution in [-0.2, 0) is 11.1 Å². The minimum Gasteiger partial charge on any atom is -0.768 e. The molecule has 0 heterocycles. The number of hydrogen-bond acceptors (Lipinski definition) is 2. The molecule has 1 rings (SSSR count). The largest absolute Gasteiger partial charge is 0.768 e. The minimum atomic E-state index is -2.85. The molecule has 0 amide bonds. The molecular weight excluding hydrogens is 174 g/mol. The molecule has 0 aromatic heterocycles. The lowest BCUT2D eigenvalue weighted by Gasteiger charge is -2.06. The van der Waals surface area contributed by atoms with Crippen LogP contribution in [-0.4, -0.2) is 8.76 Å². The first kappa shape index (κ1) is 8.29. The van der Waals surface area contributed by atoms with Gasteiger partial charge in [-0.3, -0.25) is 4.21 Å². The zero-order chi connectivity index (χ0) is 8.43. The molecule has 1 aromatic carbocycles. The molecule has 0 aliphatic rings. The number of benzene rings is 1. The lowest BCUT2D eigenvalue weighted by atomic mass is 10.3. The number of rotatable bonds is 1.